The lowest BCUT2D eigenvalue weighted by Crippen LogP contribution is -2.30. The standard InChI is InChI=1S/C72H122O6/c1-4-7-10-13-16-19-22-24-26-28-30-32-34-35-36-37-39-40-42-44-46-48-50-53-56-59-62-65-71(74)77-68-69(67-76-70(73)64-61-58-55-52-21-18-15-12-9-6-3)78-72(75)66-63-60-57-54-51-49-47-45-43-41-38-33-31-29-27-25-23-20-17-14-11-8-5-2/h8,11-12,15,17,20,22,24-25,27-28,30-31,33,41,43,47,49,69H,4-7,9-10,13-14,16,18-19,21,23,26,29,32,34-40,42,44-46,48,50-68H2,1-3H3/b11-8-,15-12-,20-17-,24-22-,27-25-,30-28-,33-31-,43-41-,49-47-. The molecule has 1 unspecified atom stereocenters. The van der Waals surface area contributed by atoms with E-state index in [1.54, 1.807) is 0 Å². The van der Waals surface area contributed by atoms with Crippen LogP contribution in [0.1, 0.15) is 310 Å². The molecule has 0 saturated carbocycles. The number of esters is 3. The highest BCUT2D eigenvalue weighted by Gasteiger charge is 2.19. The van der Waals surface area contributed by atoms with E-state index in [0.717, 1.165) is 135 Å². The third-order valence-corrected chi connectivity index (χ3v) is 14.0. The van der Waals surface area contributed by atoms with Gasteiger partial charge in [-0.15, -0.1) is 0 Å². The lowest BCUT2D eigenvalue weighted by molar-refractivity contribution is -0.167. The summed E-state index contributed by atoms with van der Waals surface area (Å²) in [6.45, 7) is 6.45. The van der Waals surface area contributed by atoms with E-state index >= 15 is 0 Å². The molecule has 0 aliphatic rings. The van der Waals surface area contributed by atoms with Crippen molar-refractivity contribution < 1.29 is 28.6 Å². The van der Waals surface area contributed by atoms with E-state index in [0.29, 0.717) is 19.3 Å². The predicted octanol–water partition coefficient (Wildman–Crippen LogP) is 22.6. The first-order valence-corrected chi connectivity index (χ1v) is 32.9. The van der Waals surface area contributed by atoms with Crippen LogP contribution in [0.3, 0.4) is 0 Å². The highest BCUT2D eigenvalue weighted by molar-refractivity contribution is 5.71. The summed E-state index contributed by atoms with van der Waals surface area (Å²) in [6, 6.07) is 0. The molecule has 0 amide bonds. The van der Waals surface area contributed by atoms with E-state index in [9.17, 15) is 14.4 Å². The number of carbonyl (C=O) groups excluding carboxylic acids is 3. The zero-order valence-electron chi connectivity index (χ0n) is 51.2. The van der Waals surface area contributed by atoms with E-state index in [-0.39, 0.29) is 31.1 Å². The Balaban J connectivity index is 4.27. The topological polar surface area (TPSA) is 78.9 Å². The second-order valence-corrected chi connectivity index (χ2v) is 21.6. The Labute approximate surface area is 482 Å². The van der Waals surface area contributed by atoms with E-state index in [4.69, 9.17) is 14.2 Å². The van der Waals surface area contributed by atoms with Crippen LogP contribution in [0.15, 0.2) is 109 Å². The van der Waals surface area contributed by atoms with Gasteiger partial charge in [0.15, 0.2) is 6.10 Å². The fraction of sp³-hybridized carbons (Fsp3) is 0.708. The minimum Gasteiger partial charge on any atom is -0.462 e. The minimum atomic E-state index is -0.797. The molecule has 6 nitrogen and oxygen atoms in total. The third-order valence-electron chi connectivity index (χ3n) is 14.0. The number of hydrogen-bond donors (Lipinski definition) is 0. The van der Waals surface area contributed by atoms with E-state index in [2.05, 4.69) is 130 Å². The smallest absolute Gasteiger partial charge is 0.306 e. The van der Waals surface area contributed by atoms with Gasteiger partial charge in [-0.25, -0.2) is 0 Å². The summed E-state index contributed by atoms with van der Waals surface area (Å²) < 4.78 is 16.9. The van der Waals surface area contributed by atoms with Gasteiger partial charge in [0.1, 0.15) is 13.2 Å². The van der Waals surface area contributed by atoms with Crippen molar-refractivity contribution >= 4 is 17.9 Å². The first kappa shape index (κ1) is 74.1. The monoisotopic (exact) mass is 1080 g/mol. The van der Waals surface area contributed by atoms with Crippen molar-refractivity contribution in [1.29, 1.82) is 0 Å². The molecule has 0 aliphatic heterocycles. The van der Waals surface area contributed by atoms with Crippen molar-refractivity contribution in [3.63, 3.8) is 0 Å². The number of hydrogen-bond acceptors (Lipinski definition) is 6. The fourth-order valence-corrected chi connectivity index (χ4v) is 9.07. The van der Waals surface area contributed by atoms with Crippen molar-refractivity contribution in [2.75, 3.05) is 13.2 Å². The average Bonchev–Trinajstić information content (AvgIpc) is 3.44. The Morgan fingerprint density at radius 1 is 0.269 bits per heavy atom. The highest BCUT2D eigenvalue weighted by Crippen LogP contribution is 2.16. The highest BCUT2D eigenvalue weighted by atomic mass is 16.6. The quantitative estimate of drug-likeness (QED) is 0.0261. The Hall–Kier alpha value is -3.93. The summed E-state index contributed by atoms with van der Waals surface area (Å²) in [6.07, 6.45) is 89.7. The van der Waals surface area contributed by atoms with Gasteiger partial charge in [0.05, 0.1) is 0 Å². The second-order valence-electron chi connectivity index (χ2n) is 21.6. The Morgan fingerprint density at radius 2 is 0.526 bits per heavy atom. The molecule has 0 bridgehead atoms. The van der Waals surface area contributed by atoms with Gasteiger partial charge in [0, 0.05) is 19.3 Å². The molecule has 0 saturated heterocycles. The van der Waals surface area contributed by atoms with Crippen LogP contribution in [-0.2, 0) is 28.6 Å². The first-order chi connectivity index (χ1) is 38.5. The Morgan fingerprint density at radius 3 is 0.846 bits per heavy atom. The molecule has 78 heavy (non-hydrogen) atoms. The second kappa shape index (κ2) is 65.6. The van der Waals surface area contributed by atoms with Gasteiger partial charge in [-0.05, 0) is 122 Å². The van der Waals surface area contributed by atoms with Gasteiger partial charge < -0.3 is 14.2 Å². The van der Waals surface area contributed by atoms with Crippen LogP contribution in [0.2, 0.25) is 0 Å². The van der Waals surface area contributed by atoms with Gasteiger partial charge in [-0.2, -0.15) is 0 Å². The molecule has 0 aromatic rings. The number of rotatable bonds is 59. The summed E-state index contributed by atoms with van der Waals surface area (Å²) in [4.78, 5) is 38.2. The lowest BCUT2D eigenvalue weighted by Gasteiger charge is -2.18. The van der Waals surface area contributed by atoms with Crippen LogP contribution in [0.25, 0.3) is 0 Å². The van der Waals surface area contributed by atoms with Crippen molar-refractivity contribution in [2.45, 2.75) is 316 Å². The number of unbranched alkanes of at least 4 members (excludes halogenated alkanes) is 30. The molecule has 0 N–H and O–H groups in total. The minimum absolute atomic E-state index is 0.0911. The summed E-state index contributed by atoms with van der Waals surface area (Å²) in [5.74, 6) is -0.921. The molecule has 0 heterocycles. The fourth-order valence-electron chi connectivity index (χ4n) is 9.07. The molecule has 0 aliphatic carbocycles. The third kappa shape index (κ3) is 62.9. The Bertz CT molecular complexity index is 1570. The molecule has 0 fully saturated rings. The van der Waals surface area contributed by atoms with Crippen LogP contribution < -0.4 is 0 Å². The van der Waals surface area contributed by atoms with Crippen LogP contribution in [0, 0.1) is 0 Å². The first-order valence-electron chi connectivity index (χ1n) is 32.9. The maximum absolute atomic E-state index is 12.9. The van der Waals surface area contributed by atoms with Gasteiger partial charge in [0.2, 0.25) is 0 Å². The summed E-state index contributed by atoms with van der Waals surface area (Å²) in [7, 11) is 0. The maximum Gasteiger partial charge on any atom is 0.306 e. The molecule has 0 radical (unpaired) electrons. The zero-order valence-corrected chi connectivity index (χ0v) is 51.2. The summed E-state index contributed by atoms with van der Waals surface area (Å²) >= 11 is 0. The molecule has 1 atom stereocenters. The van der Waals surface area contributed by atoms with Crippen LogP contribution in [0.4, 0.5) is 0 Å². The van der Waals surface area contributed by atoms with Crippen molar-refractivity contribution in [2.24, 2.45) is 0 Å². The van der Waals surface area contributed by atoms with Crippen LogP contribution in [0.5, 0.6) is 0 Å². The average molecular weight is 1080 g/mol. The Kier molecular flexibility index (Phi) is 62.3. The summed E-state index contributed by atoms with van der Waals surface area (Å²) in [5.41, 5.74) is 0. The largest absolute Gasteiger partial charge is 0.462 e. The van der Waals surface area contributed by atoms with Gasteiger partial charge in [0.25, 0.3) is 0 Å². The van der Waals surface area contributed by atoms with Crippen molar-refractivity contribution in [3.8, 4) is 0 Å². The van der Waals surface area contributed by atoms with Crippen molar-refractivity contribution in [3.05, 3.63) is 109 Å². The molecule has 0 aromatic carbocycles. The molecule has 0 aromatic heterocycles. The normalized spacial score (nSPS) is 12.8. The van der Waals surface area contributed by atoms with Crippen LogP contribution >= 0.6 is 0 Å². The number of allylic oxidation sites excluding steroid dienone is 18. The molecule has 0 spiro atoms. The number of carbonyl (C=O) groups is 3. The van der Waals surface area contributed by atoms with E-state index in [1.807, 2.05) is 0 Å². The molecule has 446 valence electrons. The molecule has 6 heteroatoms. The van der Waals surface area contributed by atoms with Crippen LogP contribution in [-0.4, -0.2) is 37.2 Å². The van der Waals surface area contributed by atoms with Gasteiger partial charge in [-0.3, -0.25) is 14.4 Å². The molecular weight excluding hydrogens is 961 g/mol. The predicted molar refractivity (Wildman–Crippen MR) is 339 cm³/mol. The lowest BCUT2D eigenvalue weighted by atomic mass is 10.0. The van der Waals surface area contributed by atoms with E-state index in [1.165, 1.54) is 135 Å². The van der Waals surface area contributed by atoms with E-state index < -0.39 is 6.10 Å². The zero-order chi connectivity index (χ0) is 56.4. The number of ether oxygens (including phenoxy) is 3. The van der Waals surface area contributed by atoms with Gasteiger partial charge in [-0.1, -0.05) is 278 Å². The maximum atomic E-state index is 12.9. The SMILES string of the molecule is CC/C=C\C/C=C\C/C=C\C/C=C\C/C=C\C/C=C\CCCCCCC(=O)OC(COC(=O)CCCCCCC/C=C\CCC)COC(=O)CCCCCCCCCCCCCCCCC/C=C\C/C=C\CCCCCCC. The molecule has 0 rings (SSSR count). The molecular formula is C72H122O6. The van der Waals surface area contributed by atoms with Crippen molar-refractivity contribution in [1.82, 2.24) is 0 Å². The van der Waals surface area contributed by atoms with Gasteiger partial charge >= 0.3 is 17.9 Å². The summed E-state index contributed by atoms with van der Waals surface area (Å²) in [5, 5.41) is 0.